The van der Waals surface area contributed by atoms with Crippen molar-refractivity contribution in [1.29, 1.82) is 0 Å². The van der Waals surface area contributed by atoms with Crippen molar-refractivity contribution in [3.63, 3.8) is 0 Å². The first-order chi connectivity index (χ1) is 14.2. The zero-order valence-corrected chi connectivity index (χ0v) is 17.6. The summed E-state index contributed by atoms with van der Waals surface area (Å²) in [5.74, 6) is 0.178. The van der Waals surface area contributed by atoms with Gasteiger partial charge in [0.1, 0.15) is 0 Å². The van der Waals surface area contributed by atoms with E-state index < -0.39 is 0 Å². The first kappa shape index (κ1) is 18.6. The van der Waals surface area contributed by atoms with Crippen molar-refractivity contribution in [3.05, 3.63) is 69.2 Å². The van der Waals surface area contributed by atoms with Crippen LogP contribution in [0.15, 0.2) is 42.5 Å². The van der Waals surface area contributed by atoms with Crippen molar-refractivity contribution in [2.24, 2.45) is 0 Å². The molecule has 2 aromatic heterocycles. The predicted octanol–water partition coefficient (Wildman–Crippen LogP) is 3.69. The molecule has 1 aromatic carbocycles. The number of fused-ring (bicyclic) bond motifs is 1. The van der Waals surface area contributed by atoms with Crippen LogP contribution in [0.2, 0.25) is 0 Å². The number of rotatable bonds is 4. The van der Waals surface area contributed by atoms with Gasteiger partial charge >= 0.3 is 0 Å². The average molecular weight is 407 g/mol. The minimum atomic E-state index is 0.178. The monoisotopic (exact) mass is 406 g/mol. The number of hydrogen-bond acceptors (Lipinski definition) is 4. The molecule has 5 rings (SSSR count). The lowest BCUT2D eigenvalue weighted by Gasteiger charge is -2.34. The molecule has 2 aliphatic rings. The Morgan fingerprint density at radius 1 is 1.03 bits per heavy atom. The smallest absolute Gasteiger partial charge is 0.264 e. The summed E-state index contributed by atoms with van der Waals surface area (Å²) < 4.78 is 2.15. The summed E-state index contributed by atoms with van der Waals surface area (Å²) in [7, 11) is 0. The van der Waals surface area contributed by atoms with Crippen molar-refractivity contribution in [2.75, 3.05) is 26.2 Å². The van der Waals surface area contributed by atoms with Crippen molar-refractivity contribution < 1.29 is 4.79 Å². The number of para-hydroxylation sites is 1. The third-order valence-corrected chi connectivity index (χ3v) is 6.99. The van der Waals surface area contributed by atoms with Gasteiger partial charge in [0, 0.05) is 43.3 Å². The van der Waals surface area contributed by atoms with Crippen LogP contribution < -0.4 is 0 Å². The fourth-order valence-corrected chi connectivity index (χ4v) is 5.29. The van der Waals surface area contributed by atoms with E-state index in [9.17, 15) is 4.79 Å². The van der Waals surface area contributed by atoms with E-state index in [-0.39, 0.29) is 5.91 Å². The lowest BCUT2D eigenvalue weighted by Crippen LogP contribution is -2.48. The highest BCUT2D eigenvalue weighted by molar-refractivity contribution is 7.13. The quantitative estimate of drug-likeness (QED) is 0.664. The predicted molar refractivity (Wildman–Crippen MR) is 116 cm³/mol. The molecule has 29 heavy (non-hydrogen) atoms. The zero-order chi connectivity index (χ0) is 19.8. The molecule has 5 nitrogen and oxygen atoms in total. The van der Waals surface area contributed by atoms with E-state index in [1.165, 1.54) is 28.2 Å². The third-order valence-electron chi connectivity index (χ3n) is 6.00. The van der Waals surface area contributed by atoms with Crippen molar-refractivity contribution in [2.45, 2.75) is 32.7 Å². The molecule has 0 unspecified atom stereocenters. The fraction of sp³-hybridized carbons (Fsp3) is 0.391. The topological polar surface area (TPSA) is 41.4 Å². The van der Waals surface area contributed by atoms with Crippen LogP contribution >= 0.6 is 11.3 Å². The number of aryl methyl sites for hydroxylation is 1. The van der Waals surface area contributed by atoms with E-state index in [2.05, 4.69) is 33.8 Å². The molecule has 150 valence electrons. The number of hydrogen-bond donors (Lipinski definition) is 0. The SMILES string of the molecule is Cc1ccc(C(=O)N2CCN(Cc3nn(-c4ccccc4)c4c3CCC4)CC2)s1. The highest BCUT2D eigenvalue weighted by Gasteiger charge is 2.27. The fourth-order valence-electron chi connectivity index (χ4n) is 4.45. The molecule has 0 spiro atoms. The number of carbonyl (C=O) groups excluding carboxylic acids is 1. The number of thiophene rings is 1. The van der Waals surface area contributed by atoms with Gasteiger partial charge in [-0.3, -0.25) is 9.69 Å². The Kier molecular flexibility index (Phi) is 4.97. The highest BCUT2D eigenvalue weighted by Crippen LogP contribution is 2.29. The van der Waals surface area contributed by atoms with E-state index >= 15 is 0 Å². The summed E-state index contributed by atoms with van der Waals surface area (Å²) in [6.45, 7) is 6.32. The van der Waals surface area contributed by atoms with Gasteiger partial charge in [-0.2, -0.15) is 5.10 Å². The first-order valence-electron chi connectivity index (χ1n) is 10.4. The molecule has 0 radical (unpaired) electrons. The molecule has 1 fully saturated rings. The molecule has 0 N–H and O–H groups in total. The minimum Gasteiger partial charge on any atom is -0.335 e. The maximum atomic E-state index is 12.7. The van der Waals surface area contributed by atoms with Crippen molar-refractivity contribution >= 4 is 17.2 Å². The Labute approximate surface area is 175 Å². The van der Waals surface area contributed by atoms with Gasteiger partial charge < -0.3 is 4.90 Å². The van der Waals surface area contributed by atoms with E-state index in [0.717, 1.165) is 56.1 Å². The number of carbonyl (C=O) groups is 1. The average Bonchev–Trinajstić information content (AvgIpc) is 3.47. The van der Waals surface area contributed by atoms with Gasteiger partial charge in [-0.15, -0.1) is 11.3 Å². The second kappa shape index (κ2) is 7.76. The van der Waals surface area contributed by atoms with Gasteiger partial charge in [-0.05, 0) is 56.0 Å². The number of piperazine rings is 1. The van der Waals surface area contributed by atoms with Crippen LogP contribution in [0, 0.1) is 6.92 Å². The molecule has 1 aliphatic heterocycles. The molecule has 3 heterocycles. The number of aromatic nitrogens is 2. The van der Waals surface area contributed by atoms with Gasteiger partial charge in [0.25, 0.3) is 5.91 Å². The third kappa shape index (κ3) is 3.63. The van der Waals surface area contributed by atoms with Crippen LogP contribution in [0.1, 0.15) is 37.9 Å². The molecular weight excluding hydrogens is 380 g/mol. The molecule has 1 saturated heterocycles. The standard InChI is InChI=1S/C23H26N4OS/c1-17-10-11-22(29-17)23(28)26-14-12-25(13-15-26)16-20-19-8-5-9-21(19)27(24-20)18-6-3-2-4-7-18/h2-4,6-7,10-11H,5,8-9,12-16H2,1H3. The summed E-state index contributed by atoms with van der Waals surface area (Å²) in [4.78, 5) is 19.2. The maximum Gasteiger partial charge on any atom is 0.264 e. The molecule has 1 amide bonds. The Balaban J connectivity index is 1.27. The number of amides is 1. The second-order valence-electron chi connectivity index (χ2n) is 7.95. The summed E-state index contributed by atoms with van der Waals surface area (Å²) >= 11 is 1.59. The van der Waals surface area contributed by atoms with Gasteiger partial charge in [-0.1, -0.05) is 18.2 Å². The summed E-state index contributed by atoms with van der Waals surface area (Å²) in [5, 5.41) is 5.00. The molecule has 0 bridgehead atoms. The Bertz CT molecular complexity index is 1010. The summed E-state index contributed by atoms with van der Waals surface area (Å²) in [6, 6.07) is 14.4. The van der Waals surface area contributed by atoms with Crippen LogP contribution in [0.4, 0.5) is 0 Å². The van der Waals surface area contributed by atoms with Gasteiger partial charge in [-0.25, -0.2) is 4.68 Å². The van der Waals surface area contributed by atoms with Crippen LogP contribution in [0.25, 0.3) is 5.69 Å². The maximum absolute atomic E-state index is 12.7. The lowest BCUT2D eigenvalue weighted by atomic mass is 10.2. The molecule has 1 aliphatic carbocycles. The molecule has 0 saturated carbocycles. The van der Waals surface area contributed by atoms with Crippen molar-refractivity contribution in [3.8, 4) is 5.69 Å². The van der Waals surface area contributed by atoms with E-state index in [1.54, 1.807) is 11.3 Å². The highest BCUT2D eigenvalue weighted by atomic mass is 32.1. The Morgan fingerprint density at radius 2 is 1.83 bits per heavy atom. The van der Waals surface area contributed by atoms with Crippen LogP contribution in [0.5, 0.6) is 0 Å². The zero-order valence-electron chi connectivity index (χ0n) is 16.8. The van der Waals surface area contributed by atoms with E-state index in [4.69, 9.17) is 5.10 Å². The minimum absolute atomic E-state index is 0.178. The normalized spacial score (nSPS) is 16.9. The van der Waals surface area contributed by atoms with Crippen molar-refractivity contribution in [1.82, 2.24) is 19.6 Å². The second-order valence-corrected chi connectivity index (χ2v) is 9.24. The van der Waals surface area contributed by atoms with E-state index in [1.807, 2.05) is 30.0 Å². The molecular formula is C23H26N4OS. The summed E-state index contributed by atoms with van der Waals surface area (Å²) in [6.07, 6.45) is 3.46. The van der Waals surface area contributed by atoms with Crippen LogP contribution in [0.3, 0.4) is 0 Å². The van der Waals surface area contributed by atoms with Gasteiger partial charge in [0.2, 0.25) is 0 Å². The van der Waals surface area contributed by atoms with Gasteiger partial charge in [0.05, 0.1) is 16.3 Å². The summed E-state index contributed by atoms with van der Waals surface area (Å²) in [5.41, 5.74) is 5.20. The molecule has 6 heteroatoms. The van der Waals surface area contributed by atoms with Crippen LogP contribution in [-0.4, -0.2) is 51.7 Å². The Hall–Kier alpha value is -2.44. The van der Waals surface area contributed by atoms with Crippen LogP contribution in [-0.2, 0) is 19.4 Å². The lowest BCUT2D eigenvalue weighted by molar-refractivity contribution is 0.0631. The molecule has 0 atom stereocenters. The van der Waals surface area contributed by atoms with E-state index in [0.29, 0.717) is 0 Å². The molecule has 3 aromatic rings. The largest absolute Gasteiger partial charge is 0.335 e. The van der Waals surface area contributed by atoms with Gasteiger partial charge in [0.15, 0.2) is 0 Å². The number of nitrogens with zero attached hydrogens (tertiary/aromatic N) is 4. The Morgan fingerprint density at radius 3 is 2.55 bits per heavy atom. The first-order valence-corrected chi connectivity index (χ1v) is 11.2. The number of benzene rings is 1.